The predicted octanol–water partition coefficient (Wildman–Crippen LogP) is 4.22. The molecular formula is C23H21F3N2O2. The smallest absolute Gasteiger partial charge is 0.394 e. The Labute approximate surface area is 172 Å². The van der Waals surface area contributed by atoms with Gasteiger partial charge in [-0.25, -0.2) is 0 Å². The Morgan fingerprint density at radius 1 is 0.967 bits per heavy atom. The first kappa shape index (κ1) is 21.5. The molecule has 4 nitrogen and oxygen atoms in total. The minimum Gasteiger partial charge on any atom is -0.394 e. The third-order valence-corrected chi connectivity index (χ3v) is 4.67. The van der Waals surface area contributed by atoms with Crippen LogP contribution in [-0.4, -0.2) is 23.7 Å². The Kier molecular flexibility index (Phi) is 6.54. The number of carbonyl (C=O) groups excluding carboxylic acids is 1. The zero-order valence-corrected chi connectivity index (χ0v) is 16.0. The molecule has 0 unspecified atom stereocenters. The fraction of sp³-hybridized carbons (Fsp3) is 0.174. The van der Waals surface area contributed by atoms with Crippen LogP contribution in [0.25, 0.3) is 11.1 Å². The minimum atomic E-state index is -4.58. The molecule has 0 aromatic heterocycles. The number of nitrogens with one attached hydrogen (secondary N) is 1. The van der Waals surface area contributed by atoms with Crippen LogP contribution in [0.4, 0.5) is 18.9 Å². The molecule has 1 amide bonds. The molecule has 0 saturated carbocycles. The van der Waals surface area contributed by atoms with Gasteiger partial charge in [0.15, 0.2) is 0 Å². The van der Waals surface area contributed by atoms with Crippen LogP contribution in [0.5, 0.6) is 0 Å². The van der Waals surface area contributed by atoms with Crippen molar-refractivity contribution in [3.8, 4) is 11.1 Å². The summed E-state index contributed by atoms with van der Waals surface area (Å²) in [4.78, 5) is 11.8. The van der Waals surface area contributed by atoms with Crippen molar-refractivity contribution in [3.05, 3.63) is 89.5 Å². The van der Waals surface area contributed by atoms with Crippen molar-refractivity contribution in [1.82, 2.24) is 0 Å². The van der Waals surface area contributed by atoms with Gasteiger partial charge in [-0.2, -0.15) is 13.2 Å². The van der Waals surface area contributed by atoms with Crippen LogP contribution in [0.3, 0.4) is 0 Å². The predicted molar refractivity (Wildman–Crippen MR) is 110 cm³/mol. The number of rotatable bonds is 6. The Bertz CT molecular complexity index is 1000. The number of halogens is 3. The van der Waals surface area contributed by atoms with Crippen LogP contribution in [0.1, 0.15) is 16.7 Å². The number of hydrogen-bond donors (Lipinski definition) is 3. The molecule has 0 spiro atoms. The number of amides is 1. The van der Waals surface area contributed by atoms with Gasteiger partial charge in [0.25, 0.3) is 0 Å². The van der Waals surface area contributed by atoms with E-state index in [0.29, 0.717) is 0 Å². The molecule has 0 fully saturated rings. The number of nitrogens with two attached hydrogens (primary N) is 1. The highest BCUT2D eigenvalue weighted by atomic mass is 19.4. The molecule has 3 aromatic carbocycles. The van der Waals surface area contributed by atoms with Gasteiger partial charge in [-0.3, -0.25) is 4.79 Å². The molecule has 3 rings (SSSR count). The van der Waals surface area contributed by atoms with Gasteiger partial charge in [0, 0.05) is 5.69 Å². The number of anilines is 1. The van der Waals surface area contributed by atoms with E-state index in [1.54, 1.807) is 12.1 Å². The van der Waals surface area contributed by atoms with E-state index in [4.69, 9.17) is 10.8 Å². The number of aliphatic hydroxyl groups excluding tert-OH is 1. The summed E-state index contributed by atoms with van der Waals surface area (Å²) in [6.07, 6.45) is -4.49. The van der Waals surface area contributed by atoms with Gasteiger partial charge in [-0.05, 0) is 40.8 Å². The first-order chi connectivity index (χ1) is 14.3. The summed E-state index contributed by atoms with van der Waals surface area (Å²) in [5.41, 5.74) is 7.37. The minimum absolute atomic E-state index is 0.0283. The van der Waals surface area contributed by atoms with E-state index < -0.39 is 30.3 Å². The lowest BCUT2D eigenvalue weighted by molar-refractivity contribution is -0.138. The van der Waals surface area contributed by atoms with Crippen molar-refractivity contribution in [1.29, 1.82) is 0 Å². The van der Waals surface area contributed by atoms with E-state index in [2.05, 4.69) is 5.32 Å². The van der Waals surface area contributed by atoms with E-state index in [-0.39, 0.29) is 17.7 Å². The maximum absolute atomic E-state index is 13.6. The molecule has 30 heavy (non-hydrogen) atoms. The van der Waals surface area contributed by atoms with Gasteiger partial charge in [-0.15, -0.1) is 0 Å². The second kappa shape index (κ2) is 9.11. The number of alkyl halides is 3. The molecule has 1 atom stereocenters. The summed E-state index contributed by atoms with van der Waals surface area (Å²) in [5, 5.41) is 11.2. The fourth-order valence-electron chi connectivity index (χ4n) is 3.06. The average molecular weight is 414 g/mol. The molecule has 0 heterocycles. The molecule has 0 radical (unpaired) electrons. The Morgan fingerprint density at radius 2 is 1.60 bits per heavy atom. The molecule has 0 aliphatic rings. The van der Waals surface area contributed by atoms with E-state index in [1.165, 1.54) is 12.1 Å². The van der Waals surface area contributed by atoms with Crippen molar-refractivity contribution in [2.24, 2.45) is 5.73 Å². The molecule has 156 valence electrons. The highest BCUT2D eigenvalue weighted by Crippen LogP contribution is 2.35. The lowest BCUT2D eigenvalue weighted by atomic mass is 9.97. The van der Waals surface area contributed by atoms with Gasteiger partial charge in [0.05, 0.1) is 12.2 Å². The third kappa shape index (κ3) is 5.25. The average Bonchev–Trinajstić information content (AvgIpc) is 2.74. The van der Waals surface area contributed by atoms with Crippen molar-refractivity contribution < 1.29 is 23.1 Å². The first-order valence-corrected chi connectivity index (χ1v) is 9.29. The highest BCUT2D eigenvalue weighted by molar-refractivity contribution is 5.94. The lowest BCUT2D eigenvalue weighted by Crippen LogP contribution is -2.38. The molecular weight excluding hydrogens is 393 g/mol. The van der Waals surface area contributed by atoms with E-state index in [9.17, 15) is 18.0 Å². The van der Waals surface area contributed by atoms with Gasteiger partial charge in [-0.1, -0.05) is 60.7 Å². The molecule has 7 heteroatoms. The van der Waals surface area contributed by atoms with Crippen molar-refractivity contribution >= 4 is 11.6 Å². The van der Waals surface area contributed by atoms with Crippen LogP contribution >= 0.6 is 0 Å². The zero-order chi connectivity index (χ0) is 21.7. The van der Waals surface area contributed by atoms with Crippen LogP contribution in [0.15, 0.2) is 72.8 Å². The summed E-state index contributed by atoms with van der Waals surface area (Å²) in [6, 6.07) is 19.5. The van der Waals surface area contributed by atoms with Crippen molar-refractivity contribution in [2.75, 3.05) is 11.9 Å². The van der Waals surface area contributed by atoms with Crippen molar-refractivity contribution in [2.45, 2.75) is 18.6 Å². The van der Waals surface area contributed by atoms with E-state index >= 15 is 0 Å². The Hall–Kier alpha value is -3.16. The molecule has 0 aliphatic heterocycles. The SMILES string of the molecule is N[C@@H](CO)C(=O)Nc1ccc(Cc2ccc(-c3ccccc3)cc2)c(C(F)(F)F)c1. The monoisotopic (exact) mass is 414 g/mol. The van der Waals surface area contributed by atoms with Crippen LogP contribution < -0.4 is 11.1 Å². The zero-order valence-electron chi connectivity index (χ0n) is 16.0. The van der Waals surface area contributed by atoms with Crippen LogP contribution in [0, 0.1) is 0 Å². The molecule has 0 saturated heterocycles. The highest BCUT2D eigenvalue weighted by Gasteiger charge is 2.33. The van der Waals surface area contributed by atoms with Gasteiger partial charge < -0.3 is 16.2 Å². The number of carbonyl (C=O) groups is 1. The van der Waals surface area contributed by atoms with Gasteiger partial charge >= 0.3 is 6.18 Å². The number of aliphatic hydroxyl groups is 1. The van der Waals surface area contributed by atoms with Gasteiger partial charge in [0.1, 0.15) is 6.04 Å². The standard InChI is InChI=1S/C23H21F3N2O2/c24-23(25,26)20-13-19(28-22(30)21(27)14-29)11-10-18(20)12-15-6-8-17(9-7-15)16-4-2-1-3-5-16/h1-11,13,21,29H,12,14,27H2,(H,28,30)/t21-/m0/s1. The van der Waals surface area contributed by atoms with Crippen LogP contribution in [0.2, 0.25) is 0 Å². The maximum atomic E-state index is 13.6. The maximum Gasteiger partial charge on any atom is 0.416 e. The third-order valence-electron chi connectivity index (χ3n) is 4.67. The normalized spacial score (nSPS) is 12.4. The van der Waals surface area contributed by atoms with Gasteiger partial charge in [0.2, 0.25) is 5.91 Å². The summed E-state index contributed by atoms with van der Waals surface area (Å²) in [7, 11) is 0. The number of hydrogen-bond acceptors (Lipinski definition) is 3. The lowest BCUT2D eigenvalue weighted by Gasteiger charge is -2.16. The Morgan fingerprint density at radius 3 is 2.20 bits per heavy atom. The fourth-order valence-corrected chi connectivity index (χ4v) is 3.06. The summed E-state index contributed by atoms with van der Waals surface area (Å²) < 4.78 is 40.8. The Balaban J connectivity index is 1.84. The largest absolute Gasteiger partial charge is 0.416 e. The second-order valence-electron chi connectivity index (χ2n) is 6.89. The molecule has 4 N–H and O–H groups in total. The molecule has 0 aliphatic carbocycles. The summed E-state index contributed by atoms with van der Waals surface area (Å²) >= 11 is 0. The van der Waals surface area contributed by atoms with Crippen LogP contribution in [-0.2, 0) is 17.4 Å². The summed E-state index contributed by atoms with van der Waals surface area (Å²) in [5.74, 6) is -0.755. The number of benzene rings is 3. The summed E-state index contributed by atoms with van der Waals surface area (Å²) in [6.45, 7) is -0.602. The van der Waals surface area contributed by atoms with Crippen molar-refractivity contribution in [3.63, 3.8) is 0 Å². The molecule has 0 bridgehead atoms. The van der Waals surface area contributed by atoms with E-state index in [0.717, 1.165) is 22.8 Å². The molecule has 3 aromatic rings. The first-order valence-electron chi connectivity index (χ1n) is 9.29. The van der Waals surface area contributed by atoms with E-state index in [1.807, 2.05) is 42.5 Å². The second-order valence-corrected chi connectivity index (χ2v) is 6.89. The quantitative estimate of drug-likeness (QED) is 0.565. The topological polar surface area (TPSA) is 75.3 Å².